The zero-order chi connectivity index (χ0) is 29.9. The third-order valence-electron chi connectivity index (χ3n) is 5.94. The number of rotatable bonds is 5. The van der Waals surface area contributed by atoms with Crippen molar-refractivity contribution in [1.29, 1.82) is 0 Å². The largest absolute Gasteiger partial charge is 0.476 e. The molecule has 10 nitrogen and oxygen atoms in total. The minimum Gasteiger partial charge on any atom is -0.476 e. The maximum absolute atomic E-state index is 14.3. The molecule has 0 spiro atoms. The summed E-state index contributed by atoms with van der Waals surface area (Å²) in [4.78, 5) is 20.3. The Morgan fingerprint density at radius 1 is 0.902 bits per heavy atom. The predicted octanol–water partition coefficient (Wildman–Crippen LogP) is 6.07. The van der Waals surface area contributed by atoms with Gasteiger partial charge in [0, 0.05) is 11.4 Å². The van der Waals surface area contributed by atoms with E-state index in [1.54, 1.807) is 44.2 Å². The van der Waals surface area contributed by atoms with E-state index in [9.17, 15) is 17.6 Å². The van der Waals surface area contributed by atoms with E-state index in [1.807, 2.05) is 32.9 Å². The Morgan fingerprint density at radius 3 is 2.20 bits per heavy atom. The fraction of sp³-hybridized carbons (Fsp3) is 0.207. The SMILES string of the molecule is Cc1cc(C)cc(Nc2ncc(F)c(Nc3ccc4c(c3)NC(=O)C(C)(C)O4)n2)c1.Cc1ccc(S(=O)(=O)O)cc1. The number of nitrogens with zero attached hydrogens (tertiary/aromatic N) is 2. The maximum atomic E-state index is 14.3. The van der Waals surface area contributed by atoms with Gasteiger partial charge >= 0.3 is 0 Å². The number of aromatic nitrogens is 2. The lowest BCUT2D eigenvalue weighted by atomic mass is 10.1. The molecular weight excluding hydrogens is 549 g/mol. The van der Waals surface area contributed by atoms with E-state index in [-0.39, 0.29) is 22.6 Å². The molecule has 2 heterocycles. The molecule has 4 aromatic rings. The number of aryl methyl sites for hydroxylation is 3. The smallest absolute Gasteiger partial charge is 0.294 e. The van der Waals surface area contributed by atoms with Gasteiger partial charge in [-0.05, 0) is 88.2 Å². The molecule has 3 aromatic carbocycles. The minimum atomic E-state index is -4.02. The molecule has 0 fully saturated rings. The Balaban J connectivity index is 0.000000296. The highest BCUT2D eigenvalue weighted by molar-refractivity contribution is 7.85. The van der Waals surface area contributed by atoms with Crippen LogP contribution in [0.1, 0.15) is 30.5 Å². The summed E-state index contributed by atoms with van der Waals surface area (Å²) < 4.78 is 49.6. The Kier molecular flexibility index (Phi) is 8.27. The molecule has 0 saturated heterocycles. The Morgan fingerprint density at radius 2 is 1.56 bits per heavy atom. The van der Waals surface area contributed by atoms with Crippen molar-refractivity contribution in [2.24, 2.45) is 0 Å². The van der Waals surface area contributed by atoms with E-state index in [2.05, 4.69) is 32.0 Å². The molecule has 214 valence electrons. The zero-order valence-electron chi connectivity index (χ0n) is 23.1. The second-order valence-corrected chi connectivity index (χ2v) is 11.5. The Hall–Kier alpha value is -4.55. The first-order valence-corrected chi connectivity index (χ1v) is 14.0. The van der Waals surface area contributed by atoms with Crippen molar-refractivity contribution in [1.82, 2.24) is 9.97 Å². The fourth-order valence-electron chi connectivity index (χ4n) is 3.93. The number of carbonyl (C=O) groups excluding carboxylic acids is 1. The van der Waals surface area contributed by atoms with Crippen LogP contribution in [-0.2, 0) is 14.9 Å². The van der Waals surface area contributed by atoms with Crippen LogP contribution in [0, 0.1) is 26.6 Å². The number of benzene rings is 3. The molecule has 0 bridgehead atoms. The van der Waals surface area contributed by atoms with Crippen LogP contribution in [-0.4, -0.2) is 34.4 Å². The second kappa shape index (κ2) is 11.5. The molecule has 12 heteroatoms. The summed E-state index contributed by atoms with van der Waals surface area (Å²) in [5.41, 5.74) is 4.08. The molecule has 4 N–H and O–H groups in total. The molecule has 0 radical (unpaired) electrons. The van der Waals surface area contributed by atoms with Crippen molar-refractivity contribution in [2.45, 2.75) is 45.1 Å². The molecule has 1 aromatic heterocycles. The van der Waals surface area contributed by atoms with Crippen LogP contribution < -0.4 is 20.7 Å². The summed E-state index contributed by atoms with van der Waals surface area (Å²) >= 11 is 0. The quantitative estimate of drug-likeness (QED) is 0.207. The van der Waals surface area contributed by atoms with Gasteiger partial charge in [-0.2, -0.15) is 13.4 Å². The van der Waals surface area contributed by atoms with Crippen LogP contribution in [0.4, 0.5) is 33.2 Å². The minimum absolute atomic E-state index is 0.0141. The number of fused-ring (bicyclic) bond motifs is 1. The number of hydrogen-bond acceptors (Lipinski definition) is 8. The van der Waals surface area contributed by atoms with Gasteiger partial charge in [0.05, 0.1) is 16.8 Å². The van der Waals surface area contributed by atoms with Crippen molar-refractivity contribution in [3.63, 3.8) is 0 Å². The first-order chi connectivity index (χ1) is 19.2. The van der Waals surface area contributed by atoms with Crippen LogP contribution >= 0.6 is 0 Å². The van der Waals surface area contributed by atoms with E-state index in [0.717, 1.165) is 28.6 Å². The standard InChI is InChI=1S/C22H22FN5O2.C7H8O3S/c1-12-7-13(2)9-15(8-12)26-21-24-11-16(23)19(28-21)25-14-5-6-18-17(10-14)27-20(29)22(3,4)30-18;1-6-2-4-7(5-3-6)11(8,9)10/h5-11H,1-4H3,(H,27,29)(H2,24,25,26,28);2-5H,1H3,(H,8,9,10). The molecule has 5 rings (SSSR count). The lowest BCUT2D eigenvalue weighted by molar-refractivity contribution is -0.129. The highest BCUT2D eigenvalue weighted by Gasteiger charge is 2.35. The second-order valence-electron chi connectivity index (χ2n) is 10.1. The average molecular weight is 580 g/mol. The highest BCUT2D eigenvalue weighted by Crippen LogP contribution is 2.36. The van der Waals surface area contributed by atoms with Gasteiger partial charge in [0.25, 0.3) is 16.0 Å². The summed E-state index contributed by atoms with van der Waals surface area (Å²) in [5.74, 6) is -0.0219. The molecule has 41 heavy (non-hydrogen) atoms. The summed E-state index contributed by atoms with van der Waals surface area (Å²) in [6, 6.07) is 17.1. The van der Waals surface area contributed by atoms with Crippen LogP contribution in [0.5, 0.6) is 5.75 Å². The van der Waals surface area contributed by atoms with Gasteiger partial charge in [-0.3, -0.25) is 9.35 Å². The zero-order valence-corrected chi connectivity index (χ0v) is 23.9. The lowest BCUT2D eigenvalue weighted by Crippen LogP contribution is -2.45. The van der Waals surface area contributed by atoms with Gasteiger partial charge in [-0.25, -0.2) is 9.37 Å². The molecule has 1 amide bonds. The van der Waals surface area contributed by atoms with Gasteiger partial charge < -0.3 is 20.7 Å². The monoisotopic (exact) mass is 579 g/mol. The predicted molar refractivity (Wildman–Crippen MR) is 155 cm³/mol. The van der Waals surface area contributed by atoms with Gasteiger partial charge in [0.2, 0.25) is 5.95 Å². The average Bonchev–Trinajstić information content (AvgIpc) is 2.86. The number of hydrogen-bond donors (Lipinski definition) is 4. The van der Waals surface area contributed by atoms with Gasteiger partial charge in [-0.15, -0.1) is 0 Å². The Bertz CT molecular complexity index is 1690. The molecule has 1 aliphatic heterocycles. The van der Waals surface area contributed by atoms with Crippen molar-refractivity contribution in [3.8, 4) is 5.75 Å². The number of carbonyl (C=O) groups is 1. The molecule has 1 aliphatic rings. The number of halogens is 1. The van der Waals surface area contributed by atoms with Crippen molar-refractivity contribution < 1.29 is 26.9 Å². The van der Waals surface area contributed by atoms with E-state index < -0.39 is 21.5 Å². The fourth-order valence-corrected chi connectivity index (χ4v) is 4.41. The van der Waals surface area contributed by atoms with Crippen molar-refractivity contribution in [2.75, 3.05) is 16.0 Å². The molecule has 0 saturated carbocycles. The van der Waals surface area contributed by atoms with E-state index >= 15 is 0 Å². The van der Waals surface area contributed by atoms with E-state index in [0.29, 0.717) is 17.1 Å². The third-order valence-corrected chi connectivity index (χ3v) is 6.81. The topological polar surface area (TPSA) is 143 Å². The summed E-state index contributed by atoms with van der Waals surface area (Å²) in [7, 11) is -4.02. The highest BCUT2D eigenvalue weighted by atomic mass is 32.2. The van der Waals surface area contributed by atoms with Gasteiger partial charge in [0.15, 0.2) is 17.2 Å². The number of amides is 1. The molecular formula is C29H30FN5O5S. The van der Waals surface area contributed by atoms with E-state index in [4.69, 9.17) is 9.29 Å². The summed E-state index contributed by atoms with van der Waals surface area (Å²) in [6.07, 6.45) is 1.10. The first kappa shape index (κ1) is 29.4. The summed E-state index contributed by atoms with van der Waals surface area (Å²) in [6.45, 7) is 9.22. The van der Waals surface area contributed by atoms with Gasteiger partial charge in [-0.1, -0.05) is 23.8 Å². The van der Waals surface area contributed by atoms with Crippen LogP contribution in [0.15, 0.2) is 71.8 Å². The van der Waals surface area contributed by atoms with Crippen LogP contribution in [0.25, 0.3) is 0 Å². The first-order valence-electron chi connectivity index (χ1n) is 12.5. The van der Waals surface area contributed by atoms with Crippen molar-refractivity contribution >= 4 is 44.9 Å². The van der Waals surface area contributed by atoms with Crippen molar-refractivity contribution in [3.05, 3.63) is 89.4 Å². The lowest BCUT2D eigenvalue weighted by Gasteiger charge is -2.31. The molecule has 0 atom stereocenters. The summed E-state index contributed by atoms with van der Waals surface area (Å²) in [5, 5.41) is 8.83. The van der Waals surface area contributed by atoms with Crippen LogP contribution in [0.3, 0.4) is 0 Å². The normalized spacial score (nSPS) is 13.6. The van der Waals surface area contributed by atoms with Crippen LogP contribution in [0.2, 0.25) is 0 Å². The maximum Gasteiger partial charge on any atom is 0.294 e. The van der Waals surface area contributed by atoms with E-state index in [1.165, 1.54) is 12.1 Å². The number of ether oxygens (including phenoxy) is 1. The molecule has 0 unspecified atom stereocenters. The third kappa shape index (κ3) is 7.56. The Labute approximate surface area is 237 Å². The van der Waals surface area contributed by atoms with Gasteiger partial charge in [0.1, 0.15) is 5.75 Å². The number of nitrogens with one attached hydrogen (secondary N) is 3. The number of anilines is 5. The molecule has 0 aliphatic carbocycles.